The van der Waals surface area contributed by atoms with Gasteiger partial charge in [-0.05, 0) is 42.2 Å². The van der Waals surface area contributed by atoms with E-state index in [1.54, 1.807) is 18.2 Å². The fourth-order valence-corrected chi connectivity index (χ4v) is 4.38. The van der Waals surface area contributed by atoms with E-state index >= 15 is 0 Å². The molecule has 0 aliphatic carbocycles. The van der Waals surface area contributed by atoms with Gasteiger partial charge in [0.1, 0.15) is 0 Å². The van der Waals surface area contributed by atoms with E-state index in [2.05, 4.69) is 32.3 Å². The van der Waals surface area contributed by atoms with Crippen LogP contribution in [0.2, 0.25) is 0 Å². The molecule has 0 unspecified atom stereocenters. The molecule has 3 heterocycles. The summed E-state index contributed by atoms with van der Waals surface area (Å²) in [6, 6.07) is 15.6. The van der Waals surface area contributed by atoms with Gasteiger partial charge in [-0.3, -0.25) is 9.89 Å². The van der Waals surface area contributed by atoms with E-state index in [1.165, 1.54) is 11.1 Å². The number of piperidine rings is 1. The van der Waals surface area contributed by atoms with Crippen LogP contribution in [0.1, 0.15) is 45.9 Å². The van der Waals surface area contributed by atoms with Gasteiger partial charge in [0.05, 0.1) is 17.2 Å². The number of imidazole rings is 1. The molecule has 152 valence electrons. The van der Waals surface area contributed by atoms with Crippen LogP contribution >= 0.6 is 0 Å². The minimum absolute atomic E-state index is 0.00669. The molecule has 0 radical (unpaired) electrons. The van der Waals surface area contributed by atoms with Crippen molar-refractivity contribution in [1.82, 2.24) is 25.1 Å². The van der Waals surface area contributed by atoms with Gasteiger partial charge in [0.25, 0.3) is 5.91 Å². The summed E-state index contributed by atoms with van der Waals surface area (Å²) in [4.78, 5) is 32.0. The van der Waals surface area contributed by atoms with Crippen molar-refractivity contribution in [3.05, 3.63) is 87.6 Å². The van der Waals surface area contributed by atoms with Crippen molar-refractivity contribution < 1.29 is 4.79 Å². The van der Waals surface area contributed by atoms with E-state index in [9.17, 15) is 9.59 Å². The number of rotatable bonds is 4. The van der Waals surface area contributed by atoms with Crippen molar-refractivity contribution in [1.29, 1.82) is 0 Å². The molecular weight excluding hydrogens is 378 g/mol. The Morgan fingerprint density at radius 1 is 1.10 bits per heavy atom. The first kappa shape index (κ1) is 18.4. The highest BCUT2D eigenvalue weighted by Crippen LogP contribution is 2.30. The highest BCUT2D eigenvalue weighted by atomic mass is 16.2. The quantitative estimate of drug-likeness (QED) is 0.490. The molecule has 1 atom stereocenters. The molecular formula is C23H23N5O2. The molecule has 4 aromatic rings. The van der Waals surface area contributed by atoms with Gasteiger partial charge in [-0.15, -0.1) is 0 Å². The van der Waals surface area contributed by atoms with Crippen LogP contribution in [0.4, 0.5) is 0 Å². The summed E-state index contributed by atoms with van der Waals surface area (Å²) in [6.07, 6.45) is 4.70. The Morgan fingerprint density at radius 3 is 2.80 bits per heavy atom. The second-order valence-corrected chi connectivity index (χ2v) is 7.90. The van der Waals surface area contributed by atoms with Gasteiger partial charge in [-0.25, -0.2) is 4.79 Å². The summed E-state index contributed by atoms with van der Waals surface area (Å²) in [5.74, 6) is 0.229. The first-order valence-electron chi connectivity index (χ1n) is 10.2. The fraction of sp³-hybridized carbons (Fsp3) is 0.261. The molecule has 1 aliphatic rings. The Bertz CT molecular complexity index is 1240. The zero-order valence-electron chi connectivity index (χ0n) is 16.5. The van der Waals surface area contributed by atoms with Gasteiger partial charge in [-0.2, -0.15) is 5.10 Å². The number of nitrogens with zero attached hydrogens (tertiary/aromatic N) is 2. The van der Waals surface area contributed by atoms with E-state index < -0.39 is 0 Å². The van der Waals surface area contributed by atoms with Gasteiger partial charge in [0.2, 0.25) is 0 Å². The summed E-state index contributed by atoms with van der Waals surface area (Å²) in [7, 11) is 0. The summed E-state index contributed by atoms with van der Waals surface area (Å²) in [6.45, 7) is 1.39. The molecule has 5 rings (SSSR count). The average molecular weight is 401 g/mol. The van der Waals surface area contributed by atoms with Gasteiger partial charge in [-0.1, -0.05) is 30.3 Å². The minimum Gasteiger partial charge on any atom is -0.338 e. The van der Waals surface area contributed by atoms with Crippen LogP contribution in [0.25, 0.3) is 11.0 Å². The maximum Gasteiger partial charge on any atom is 0.323 e. The molecule has 30 heavy (non-hydrogen) atoms. The SMILES string of the molecule is O=C(c1ccc2[nH]c(=O)[nH]c2c1)N1CCC[C@H](c2[nH]ncc2Cc2ccccc2)C1. The maximum atomic E-state index is 13.1. The molecule has 0 spiro atoms. The molecule has 3 N–H and O–H groups in total. The number of aromatic amines is 3. The third-order valence-corrected chi connectivity index (χ3v) is 5.87. The number of H-pyrrole nitrogens is 3. The standard InChI is InChI=1S/C23H23N5O2/c29-22(16-8-9-19-20(12-16)26-23(30)25-19)28-10-4-7-17(14-28)21-18(13-24-27-21)11-15-5-2-1-3-6-15/h1-3,5-6,8-9,12-13,17H,4,7,10-11,14H2,(H,24,27)(H2,25,26,30)/t17-/m0/s1. The lowest BCUT2D eigenvalue weighted by Gasteiger charge is -2.33. The number of benzene rings is 2. The molecule has 0 saturated carbocycles. The zero-order chi connectivity index (χ0) is 20.5. The van der Waals surface area contributed by atoms with Crippen LogP contribution in [-0.2, 0) is 6.42 Å². The first-order chi connectivity index (χ1) is 14.7. The van der Waals surface area contributed by atoms with E-state index in [0.29, 0.717) is 23.1 Å². The monoisotopic (exact) mass is 401 g/mol. The Hall–Kier alpha value is -3.61. The molecule has 7 nitrogen and oxygen atoms in total. The van der Waals surface area contributed by atoms with Crippen LogP contribution < -0.4 is 5.69 Å². The lowest BCUT2D eigenvalue weighted by atomic mass is 9.90. The number of amides is 1. The van der Waals surface area contributed by atoms with E-state index in [4.69, 9.17) is 0 Å². The molecule has 2 aromatic heterocycles. The number of fused-ring (bicyclic) bond motifs is 1. The maximum absolute atomic E-state index is 13.1. The van der Waals surface area contributed by atoms with E-state index in [1.807, 2.05) is 29.3 Å². The molecule has 2 aromatic carbocycles. The van der Waals surface area contributed by atoms with Gasteiger partial charge in [0.15, 0.2) is 0 Å². The van der Waals surface area contributed by atoms with Crippen molar-refractivity contribution in [3.63, 3.8) is 0 Å². The summed E-state index contributed by atoms with van der Waals surface area (Å²) in [5, 5.41) is 7.48. The number of carbonyl (C=O) groups excluding carboxylic acids is 1. The van der Waals surface area contributed by atoms with Crippen LogP contribution in [0.3, 0.4) is 0 Å². The van der Waals surface area contributed by atoms with Crippen LogP contribution in [0, 0.1) is 0 Å². The average Bonchev–Trinajstić information content (AvgIpc) is 3.38. The second kappa shape index (κ2) is 7.67. The molecule has 0 bridgehead atoms. The van der Waals surface area contributed by atoms with Crippen molar-refractivity contribution in [2.75, 3.05) is 13.1 Å². The van der Waals surface area contributed by atoms with Crippen molar-refractivity contribution in [2.45, 2.75) is 25.2 Å². The first-order valence-corrected chi connectivity index (χ1v) is 10.2. The summed E-state index contributed by atoms with van der Waals surface area (Å²) in [5.41, 5.74) is 5.24. The number of hydrogen-bond acceptors (Lipinski definition) is 3. The molecule has 1 fully saturated rings. The van der Waals surface area contributed by atoms with Gasteiger partial charge in [0, 0.05) is 36.7 Å². The third kappa shape index (κ3) is 3.54. The van der Waals surface area contributed by atoms with Gasteiger partial charge < -0.3 is 14.9 Å². The minimum atomic E-state index is -0.266. The summed E-state index contributed by atoms with van der Waals surface area (Å²) < 4.78 is 0. The highest BCUT2D eigenvalue weighted by molar-refractivity contribution is 5.97. The molecule has 1 amide bonds. The van der Waals surface area contributed by atoms with Crippen LogP contribution in [0.15, 0.2) is 59.5 Å². The lowest BCUT2D eigenvalue weighted by Crippen LogP contribution is -2.39. The van der Waals surface area contributed by atoms with Crippen LogP contribution in [-0.4, -0.2) is 44.1 Å². The largest absolute Gasteiger partial charge is 0.338 e. The molecule has 1 aliphatic heterocycles. The smallest absolute Gasteiger partial charge is 0.323 e. The van der Waals surface area contributed by atoms with Gasteiger partial charge >= 0.3 is 5.69 Å². The van der Waals surface area contributed by atoms with E-state index in [-0.39, 0.29) is 17.5 Å². The Morgan fingerprint density at radius 2 is 1.93 bits per heavy atom. The topological polar surface area (TPSA) is 97.6 Å². The predicted molar refractivity (Wildman–Crippen MR) is 115 cm³/mol. The van der Waals surface area contributed by atoms with Crippen molar-refractivity contribution >= 4 is 16.9 Å². The highest BCUT2D eigenvalue weighted by Gasteiger charge is 2.28. The lowest BCUT2D eigenvalue weighted by molar-refractivity contribution is 0.0705. The van der Waals surface area contributed by atoms with Crippen molar-refractivity contribution in [2.24, 2.45) is 0 Å². The second-order valence-electron chi connectivity index (χ2n) is 7.90. The third-order valence-electron chi connectivity index (χ3n) is 5.87. The number of carbonyl (C=O) groups is 1. The fourth-order valence-electron chi connectivity index (χ4n) is 4.38. The number of nitrogens with one attached hydrogen (secondary N) is 3. The van der Waals surface area contributed by atoms with Crippen molar-refractivity contribution in [3.8, 4) is 0 Å². The molecule has 7 heteroatoms. The number of aromatic nitrogens is 4. The normalized spacial score (nSPS) is 16.8. The number of likely N-dealkylation sites (tertiary alicyclic amines) is 1. The molecule has 1 saturated heterocycles. The van der Waals surface area contributed by atoms with E-state index in [0.717, 1.165) is 31.5 Å². The Labute approximate surface area is 173 Å². The predicted octanol–water partition coefficient (Wildman–Crippen LogP) is 3.19. The Kier molecular flexibility index (Phi) is 4.71. The Balaban J connectivity index is 1.35. The number of hydrogen-bond donors (Lipinski definition) is 3. The summed E-state index contributed by atoms with van der Waals surface area (Å²) >= 11 is 0. The zero-order valence-corrected chi connectivity index (χ0v) is 16.5. The van der Waals surface area contributed by atoms with Crippen LogP contribution in [0.5, 0.6) is 0 Å².